The molecule has 0 unspecified atom stereocenters. The van der Waals surface area contributed by atoms with Crippen molar-refractivity contribution in [2.24, 2.45) is 0 Å². The lowest BCUT2D eigenvalue weighted by Gasteiger charge is -2.09. The van der Waals surface area contributed by atoms with Gasteiger partial charge in [0.15, 0.2) is 0 Å². The number of hydrogen-bond acceptors (Lipinski definition) is 4. The van der Waals surface area contributed by atoms with E-state index in [4.69, 9.17) is 11.6 Å². The van der Waals surface area contributed by atoms with Crippen LogP contribution in [0.3, 0.4) is 0 Å². The fourth-order valence-electron chi connectivity index (χ4n) is 2.27. The number of halogens is 1. The van der Waals surface area contributed by atoms with Crippen molar-refractivity contribution in [2.75, 3.05) is 10.6 Å². The van der Waals surface area contributed by atoms with Crippen molar-refractivity contribution in [1.29, 1.82) is 0 Å². The number of benzene rings is 2. The topological polar surface area (TPSA) is 66.9 Å². The van der Waals surface area contributed by atoms with Crippen molar-refractivity contribution >= 4 is 34.8 Å². The Balaban J connectivity index is 1.76. The van der Waals surface area contributed by atoms with Crippen molar-refractivity contribution in [1.82, 2.24) is 9.97 Å². The van der Waals surface area contributed by atoms with Gasteiger partial charge in [-0.2, -0.15) is 0 Å². The molecule has 1 heterocycles. The van der Waals surface area contributed by atoms with Crippen LogP contribution in [0.25, 0.3) is 0 Å². The Morgan fingerprint density at radius 3 is 2.52 bits per heavy atom. The summed E-state index contributed by atoms with van der Waals surface area (Å²) in [4.78, 5) is 20.8. The van der Waals surface area contributed by atoms with E-state index in [1.54, 1.807) is 18.3 Å². The van der Waals surface area contributed by atoms with Crippen molar-refractivity contribution in [3.8, 4) is 0 Å². The highest BCUT2D eigenvalue weighted by atomic mass is 35.5. The van der Waals surface area contributed by atoms with E-state index >= 15 is 0 Å². The summed E-state index contributed by atoms with van der Waals surface area (Å²) in [6.45, 7) is 3.93. The number of rotatable bonds is 4. The van der Waals surface area contributed by atoms with Gasteiger partial charge in [0.05, 0.1) is 0 Å². The third-order valence-electron chi connectivity index (χ3n) is 3.63. The number of hydrogen-bond donors (Lipinski definition) is 2. The highest BCUT2D eigenvalue weighted by Crippen LogP contribution is 2.22. The van der Waals surface area contributed by atoms with Gasteiger partial charge in [0, 0.05) is 22.6 Å². The van der Waals surface area contributed by atoms with Gasteiger partial charge in [0.1, 0.15) is 5.69 Å². The largest absolute Gasteiger partial charge is 0.324 e. The lowest BCUT2D eigenvalue weighted by Crippen LogP contribution is -2.14. The summed E-state index contributed by atoms with van der Waals surface area (Å²) in [6, 6.07) is 14.6. The maximum absolute atomic E-state index is 12.4. The Morgan fingerprint density at radius 2 is 1.80 bits per heavy atom. The third-order valence-corrected chi connectivity index (χ3v) is 3.87. The van der Waals surface area contributed by atoms with E-state index in [2.05, 4.69) is 20.6 Å². The molecule has 3 rings (SSSR count). The first kappa shape index (κ1) is 16.9. The fraction of sp³-hybridized carbons (Fsp3) is 0.105. The summed E-state index contributed by atoms with van der Waals surface area (Å²) >= 11 is 5.96. The zero-order valence-electron chi connectivity index (χ0n) is 13.9. The molecule has 6 heteroatoms. The molecule has 0 atom stereocenters. The minimum atomic E-state index is -0.290. The molecule has 126 valence electrons. The van der Waals surface area contributed by atoms with E-state index in [9.17, 15) is 4.79 Å². The molecule has 0 aliphatic rings. The van der Waals surface area contributed by atoms with E-state index in [-0.39, 0.29) is 11.6 Å². The summed E-state index contributed by atoms with van der Waals surface area (Å²) in [5.74, 6) is 0.0594. The van der Waals surface area contributed by atoms with Gasteiger partial charge in [0.2, 0.25) is 5.95 Å². The number of anilines is 3. The van der Waals surface area contributed by atoms with Gasteiger partial charge in [-0.3, -0.25) is 4.79 Å². The number of nitrogens with one attached hydrogen (secondary N) is 2. The smallest absolute Gasteiger partial charge is 0.274 e. The summed E-state index contributed by atoms with van der Waals surface area (Å²) in [6.07, 6.45) is 1.55. The molecular weight excluding hydrogens is 336 g/mol. The van der Waals surface area contributed by atoms with Crippen LogP contribution < -0.4 is 10.6 Å². The second-order valence-corrected chi connectivity index (χ2v) is 6.11. The number of amides is 1. The van der Waals surface area contributed by atoms with E-state index < -0.39 is 0 Å². The molecule has 0 aliphatic heterocycles. The fourth-order valence-corrected chi connectivity index (χ4v) is 2.49. The Hall–Kier alpha value is -2.92. The summed E-state index contributed by atoms with van der Waals surface area (Å²) in [7, 11) is 0. The van der Waals surface area contributed by atoms with E-state index in [1.165, 1.54) is 0 Å². The molecule has 0 aliphatic carbocycles. The normalized spacial score (nSPS) is 10.4. The lowest BCUT2D eigenvalue weighted by molar-refractivity contribution is 0.102. The third kappa shape index (κ3) is 4.33. The quantitative estimate of drug-likeness (QED) is 0.711. The van der Waals surface area contributed by atoms with Crippen LogP contribution in [0.2, 0.25) is 5.02 Å². The monoisotopic (exact) mass is 352 g/mol. The first-order chi connectivity index (χ1) is 12.0. The number of nitrogens with zero attached hydrogens (tertiary/aromatic N) is 2. The Morgan fingerprint density at radius 1 is 1.04 bits per heavy atom. The minimum Gasteiger partial charge on any atom is -0.324 e. The average Bonchev–Trinajstić information content (AvgIpc) is 2.60. The number of carbonyl (C=O) groups excluding carboxylic acids is 1. The van der Waals surface area contributed by atoms with Crippen LogP contribution >= 0.6 is 11.6 Å². The van der Waals surface area contributed by atoms with Crippen LogP contribution in [0.5, 0.6) is 0 Å². The molecule has 0 saturated heterocycles. The molecular formula is C19H17ClN4O. The molecule has 2 aromatic carbocycles. The summed E-state index contributed by atoms with van der Waals surface area (Å²) in [5.41, 5.74) is 3.93. The SMILES string of the molecule is Cc1ccc(NC(=O)c2ccnc(Nc3ccc(Cl)cc3C)n2)cc1. The van der Waals surface area contributed by atoms with Crippen LogP contribution in [-0.4, -0.2) is 15.9 Å². The van der Waals surface area contributed by atoms with Gasteiger partial charge in [-0.15, -0.1) is 0 Å². The molecule has 1 aromatic heterocycles. The average molecular weight is 353 g/mol. The molecule has 0 radical (unpaired) electrons. The molecule has 5 nitrogen and oxygen atoms in total. The molecule has 1 amide bonds. The second kappa shape index (κ2) is 7.32. The van der Waals surface area contributed by atoms with Crippen molar-refractivity contribution < 1.29 is 4.79 Å². The zero-order valence-corrected chi connectivity index (χ0v) is 14.6. The van der Waals surface area contributed by atoms with Gasteiger partial charge >= 0.3 is 0 Å². The van der Waals surface area contributed by atoms with Gasteiger partial charge in [0.25, 0.3) is 5.91 Å². The minimum absolute atomic E-state index is 0.282. The number of aromatic nitrogens is 2. The van der Waals surface area contributed by atoms with E-state index in [0.29, 0.717) is 11.0 Å². The number of carbonyl (C=O) groups is 1. The van der Waals surface area contributed by atoms with E-state index in [1.807, 2.05) is 50.2 Å². The highest BCUT2D eigenvalue weighted by Gasteiger charge is 2.10. The maximum Gasteiger partial charge on any atom is 0.274 e. The lowest BCUT2D eigenvalue weighted by atomic mass is 10.2. The Bertz CT molecular complexity index is 910. The van der Waals surface area contributed by atoms with Crippen LogP contribution in [0.4, 0.5) is 17.3 Å². The standard InChI is InChI=1S/C19H17ClN4O/c1-12-3-6-15(7-4-12)22-18(25)17-9-10-21-19(24-17)23-16-8-5-14(20)11-13(16)2/h3-11H,1-2H3,(H,22,25)(H,21,23,24). The molecule has 0 fully saturated rings. The van der Waals surface area contributed by atoms with Gasteiger partial charge in [-0.05, 0) is 55.8 Å². The molecule has 2 N–H and O–H groups in total. The molecule has 25 heavy (non-hydrogen) atoms. The first-order valence-corrected chi connectivity index (χ1v) is 8.13. The zero-order chi connectivity index (χ0) is 17.8. The number of aryl methyl sites for hydroxylation is 2. The molecule has 0 bridgehead atoms. The molecule has 3 aromatic rings. The summed E-state index contributed by atoms with van der Waals surface area (Å²) < 4.78 is 0. The van der Waals surface area contributed by atoms with Gasteiger partial charge < -0.3 is 10.6 Å². The van der Waals surface area contributed by atoms with E-state index in [0.717, 1.165) is 22.5 Å². The van der Waals surface area contributed by atoms with Crippen molar-refractivity contribution in [2.45, 2.75) is 13.8 Å². The van der Waals surface area contributed by atoms with Crippen LogP contribution in [0.1, 0.15) is 21.6 Å². The predicted octanol–water partition coefficient (Wildman–Crippen LogP) is 4.74. The van der Waals surface area contributed by atoms with Crippen LogP contribution in [0, 0.1) is 13.8 Å². The second-order valence-electron chi connectivity index (χ2n) is 5.67. The predicted molar refractivity (Wildman–Crippen MR) is 101 cm³/mol. The van der Waals surface area contributed by atoms with Gasteiger partial charge in [-0.1, -0.05) is 29.3 Å². The highest BCUT2D eigenvalue weighted by molar-refractivity contribution is 6.30. The Labute approximate surface area is 151 Å². The Kier molecular flexibility index (Phi) is 4.95. The maximum atomic E-state index is 12.4. The molecule has 0 saturated carbocycles. The van der Waals surface area contributed by atoms with Crippen LogP contribution in [0.15, 0.2) is 54.7 Å². The van der Waals surface area contributed by atoms with Crippen LogP contribution in [-0.2, 0) is 0 Å². The summed E-state index contributed by atoms with van der Waals surface area (Å²) in [5, 5.41) is 6.59. The molecule has 0 spiro atoms. The van der Waals surface area contributed by atoms with Crippen molar-refractivity contribution in [3.63, 3.8) is 0 Å². The van der Waals surface area contributed by atoms with Crippen molar-refractivity contribution in [3.05, 3.63) is 76.6 Å². The first-order valence-electron chi connectivity index (χ1n) is 7.75. The van der Waals surface area contributed by atoms with Gasteiger partial charge in [-0.25, -0.2) is 9.97 Å².